The van der Waals surface area contributed by atoms with Gasteiger partial charge in [0, 0.05) is 16.5 Å². The summed E-state index contributed by atoms with van der Waals surface area (Å²) in [6.07, 6.45) is 0. The molecule has 0 spiro atoms. The fraction of sp³-hybridized carbons (Fsp3) is 0.375. The second kappa shape index (κ2) is 4.87. The highest BCUT2D eigenvalue weighted by atomic mass is 16.2. The highest BCUT2D eigenvalue weighted by Gasteiger charge is 2.20. The predicted octanol–water partition coefficient (Wildman–Crippen LogP) is 2.75. The zero-order chi connectivity index (χ0) is 15.1. The van der Waals surface area contributed by atoms with Gasteiger partial charge < -0.3 is 0 Å². The molecule has 0 aliphatic heterocycles. The van der Waals surface area contributed by atoms with Crippen LogP contribution in [0.1, 0.15) is 48.0 Å². The number of nitrogen functional groups attached to an aromatic ring is 1. The molecule has 0 aliphatic rings. The van der Waals surface area contributed by atoms with E-state index in [1.807, 2.05) is 32.0 Å². The Hall–Kier alpha value is -1.94. The third kappa shape index (κ3) is 2.51. The number of hydrogen-bond donors (Lipinski definition) is 2. The third-order valence-corrected chi connectivity index (χ3v) is 3.57. The number of hydrogen-bond acceptors (Lipinski definition) is 3. The summed E-state index contributed by atoms with van der Waals surface area (Å²) in [5.41, 5.74) is 6.67. The summed E-state index contributed by atoms with van der Waals surface area (Å²) in [6, 6.07) is 5.85. The predicted molar refractivity (Wildman–Crippen MR) is 81.6 cm³/mol. The minimum atomic E-state index is -0.286. The molecular formula is C16H21N3O. The lowest BCUT2D eigenvalue weighted by Crippen LogP contribution is -2.30. The summed E-state index contributed by atoms with van der Waals surface area (Å²) in [6.45, 7) is 10.3. The maximum Gasteiger partial charge on any atom is 0.265 e. The normalized spacial score (nSPS) is 11.7. The maximum absolute atomic E-state index is 12.0. The van der Waals surface area contributed by atoms with Gasteiger partial charge in [0.25, 0.3) is 5.91 Å². The van der Waals surface area contributed by atoms with Gasteiger partial charge in [0.2, 0.25) is 0 Å². The molecule has 4 heteroatoms. The Bertz CT molecular complexity index is 684. The second-order valence-corrected chi connectivity index (χ2v) is 6.23. The van der Waals surface area contributed by atoms with Gasteiger partial charge in [0.1, 0.15) is 0 Å². The van der Waals surface area contributed by atoms with Gasteiger partial charge in [-0.1, -0.05) is 20.8 Å². The lowest BCUT2D eigenvalue weighted by Gasteiger charge is -2.20. The maximum atomic E-state index is 12.0. The third-order valence-electron chi connectivity index (χ3n) is 3.57. The van der Waals surface area contributed by atoms with Crippen molar-refractivity contribution in [2.75, 3.05) is 0 Å². The molecule has 2 rings (SSSR count). The fourth-order valence-electron chi connectivity index (χ4n) is 2.14. The highest BCUT2D eigenvalue weighted by Crippen LogP contribution is 2.27. The average molecular weight is 271 g/mol. The van der Waals surface area contributed by atoms with Gasteiger partial charge in [-0.2, -0.15) is 0 Å². The smallest absolute Gasteiger partial charge is 0.265 e. The van der Waals surface area contributed by atoms with Gasteiger partial charge in [-0.3, -0.25) is 15.2 Å². The largest absolute Gasteiger partial charge is 0.290 e. The van der Waals surface area contributed by atoms with Crippen molar-refractivity contribution in [3.8, 4) is 0 Å². The van der Waals surface area contributed by atoms with Crippen LogP contribution in [0.15, 0.2) is 18.2 Å². The number of carbonyl (C=O) groups is 1. The second-order valence-electron chi connectivity index (χ2n) is 6.23. The van der Waals surface area contributed by atoms with Crippen LogP contribution in [0, 0.1) is 13.8 Å². The van der Waals surface area contributed by atoms with Crippen molar-refractivity contribution in [1.29, 1.82) is 0 Å². The van der Waals surface area contributed by atoms with E-state index in [0.29, 0.717) is 5.56 Å². The number of benzene rings is 1. The van der Waals surface area contributed by atoms with E-state index in [1.165, 1.54) is 0 Å². The Balaban J connectivity index is 2.85. The molecule has 0 radical (unpaired) electrons. The first-order valence-electron chi connectivity index (χ1n) is 6.67. The Labute approximate surface area is 119 Å². The first-order valence-corrected chi connectivity index (χ1v) is 6.67. The Morgan fingerprint density at radius 1 is 1.15 bits per heavy atom. The van der Waals surface area contributed by atoms with Crippen molar-refractivity contribution in [2.45, 2.75) is 40.0 Å². The summed E-state index contributed by atoms with van der Waals surface area (Å²) in [5.74, 6) is 5.02. The molecule has 0 unspecified atom stereocenters. The molecule has 0 fully saturated rings. The van der Waals surface area contributed by atoms with Crippen LogP contribution in [-0.4, -0.2) is 10.9 Å². The summed E-state index contributed by atoms with van der Waals surface area (Å²) < 4.78 is 0. The average Bonchev–Trinajstić information content (AvgIpc) is 2.37. The van der Waals surface area contributed by atoms with E-state index in [2.05, 4.69) is 26.2 Å². The number of rotatable bonds is 1. The summed E-state index contributed by atoms with van der Waals surface area (Å²) in [5, 5.41) is 0.837. The van der Waals surface area contributed by atoms with Crippen molar-refractivity contribution < 1.29 is 4.79 Å². The van der Waals surface area contributed by atoms with Crippen LogP contribution < -0.4 is 11.3 Å². The van der Waals surface area contributed by atoms with Crippen molar-refractivity contribution >= 4 is 16.8 Å². The minimum absolute atomic E-state index is 0.128. The number of carbonyl (C=O) groups excluding carboxylic acids is 1. The Morgan fingerprint density at radius 2 is 1.75 bits per heavy atom. The molecule has 3 N–H and O–H groups in total. The first kappa shape index (κ1) is 14.5. The summed E-state index contributed by atoms with van der Waals surface area (Å²) >= 11 is 0. The van der Waals surface area contributed by atoms with Crippen LogP contribution in [0.5, 0.6) is 0 Å². The zero-order valence-corrected chi connectivity index (χ0v) is 12.7. The molecule has 0 saturated heterocycles. The molecule has 20 heavy (non-hydrogen) atoms. The number of nitrogens with two attached hydrogens (primary N) is 1. The van der Waals surface area contributed by atoms with E-state index in [-0.39, 0.29) is 11.3 Å². The number of nitrogens with one attached hydrogen (secondary N) is 1. The van der Waals surface area contributed by atoms with Crippen molar-refractivity contribution in [2.24, 2.45) is 5.84 Å². The van der Waals surface area contributed by atoms with Crippen LogP contribution in [0.3, 0.4) is 0 Å². The van der Waals surface area contributed by atoms with Gasteiger partial charge >= 0.3 is 0 Å². The topological polar surface area (TPSA) is 68.0 Å². The first-order chi connectivity index (χ1) is 9.24. The number of aryl methyl sites for hydroxylation is 2. The zero-order valence-electron chi connectivity index (χ0n) is 12.7. The standard InChI is InChI=1S/C16H21N3O/c1-9-6-11-12(15(20)19-17)8-14(16(3,4)5)18-13(11)7-10(9)2/h6-8H,17H2,1-5H3,(H,19,20). The molecule has 106 valence electrons. The van der Waals surface area contributed by atoms with Gasteiger partial charge in [0.15, 0.2) is 0 Å². The van der Waals surface area contributed by atoms with Crippen molar-refractivity contribution in [1.82, 2.24) is 10.4 Å². The van der Waals surface area contributed by atoms with Gasteiger partial charge in [0.05, 0.1) is 11.1 Å². The molecule has 2 aromatic rings. The SMILES string of the molecule is Cc1cc2nc(C(C)(C)C)cc(C(=O)NN)c2cc1C. The quantitative estimate of drug-likeness (QED) is 0.476. The van der Waals surface area contributed by atoms with Crippen LogP contribution in [0.4, 0.5) is 0 Å². The minimum Gasteiger partial charge on any atom is -0.290 e. The number of aromatic nitrogens is 1. The molecule has 1 amide bonds. The molecule has 4 nitrogen and oxygen atoms in total. The van der Waals surface area contributed by atoms with E-state index in [0.717, 1.165) is 27.7 Å². The van der Waals surface area contributed by atoms with E-state index < -0.39 is 0 Å². The number of nitrogens with zero attached hydrogens (tertiary/aromatic N) is 1. The molecular weight excluding hydrogens is 250 g/mol. The molecule has 0 bridgehead atoms. The van der Waals surface area contributed by atoms with E-state index >= 15 is 0 Å². The fourth-order valence-corrected chi connectivity index (χ4v) is 2.14. The van der Waals surface area contributed by atoms with Crippen LogP contribution in [-0.2, 0) is 5.41 Å². The molecule has 1 aromatic carbocycles. The molecule has 1 heterocycles. The number of hydrazine groups is 1. The van der Waals surface area contributed by atoms with Gasteiger partial charge in [-0.25, -0.2) is 5.84 Å². The molecule has 0 saturated carbocycles. The van der Waals surface area contributed by atoms with E-state index in [1.54, 1.807) is 0 Å². The lowest BCUT2D eigenvalue weighted by atomic mass is 9.89. The molecule has 0 atom stereocenters. The monoisotopic (exact) mass is 271 g/mol. The van der Waals surface area contributed by atoms with Gasteiger partial charge in [-0.05, 0) is 43.2 Å². The molecule has 0 aliphatic carbocycles. The van der Waals surface area contributed by atoms with Crippen LogP contribution >= 0.6 is 0 Å². The number of amides is 1. The number of fused-ring (bicyclic) bond motifs is 1. The van der Waals surface area contributed by atoms with Crippen molar-refractivity contribution in [3.05, 3.63) is 40.6 Å². The van der Waals surface area contributed by atoms with Crippen LogP contribution in [0.2, 0.25) is 0 Å². The Morgan fingerprint density at radius 3 is 2.30 bits per heavy atom. The van der Waals surface area contributed by atoms with Gasteiger partial charge in [-0.15, -0.1) is 0 Å². The lowest BCUT2D eigenvalue weighted by molar-refractivity contribution is 0.0955. The summed E-state index contributed by atoms with van der Waals surface area (Å²) in [7, 11) is 0. The summed E-state index contributed by atoms with van der Waals surface area (Å²) in [4.78, 5) is 16.7. The number of pyridine rings is 1. The van der Waals surface area contributed by atoms with E-state index in [4.69, 9.17) is 10.8 Å². The highest BCUT2D eigenvalue weighted by molar-refractivity contribution is 6.06. The van der Waals surface area contributed by atoms with Crippen molar-refractivity contribution in [3.63, 3.8) is 0 Å². The van der Waals surface area contributed by atoms with E-state index in [9.17, 15) is 4.79 Å². The van der Waals surface area contributed by atoms with Crippen LogP contribution in [0.25, 0.3) is 10.9 Å². The molecule has 1 aromatic heterocycles. The Kier molecular flexibility index (Phi) is 3.52.